The van der Waals surface area contributed by atoms with Crippen molar-refractivity contribution in [1.29, 1.82) is 0 Å². The lowest BCUT2D eigenvalue weighted by Crippen LogP contribution is -2.32. The Balaban J connectivity index is 4.67. The molecule has 0 aliphatic rings. The van der Waals surface area contributed by atoms with Crippen LogP contribution in [0.5, 0.6) is 0 Å². The van der Waals surface area contributed by atoms with Crippen molar-refractivity contribution in [3.05, 3.63) is 10.4 Å². The maximum absolute atomic E-state index is 11.4. The Hall–Kier alpha value is -2.28. The molecule has 0 saturated carbocycles. The Labute approximate surface area is 110 Å². The minimum atomic E-state index is -0.824. The van der Waals surface area contributed by atoms with Gasteiger partial charge in [-0.3, -0.25) is 0 Å². The molecule has 106 valence electrons. The zero-order valence-corrected chi connectivity index (χ0v) is 11.3. The van der Waals surface area contributed by atoms with Crippen LogP contribution in [0.3, 0.4) is 0 Å². The first-order valence-corrected chi connectivity index (χ1v) is 5.53. The van der Waals surface area contributed by atoms with Gasteiger partial charge in [0.25, 0.3) is 0 Å². The molecular weight excluding hydrogens is 254 g/mol. The van der Waals surface area contributed by atoms with Crippen molar-refractivity contribution in [3.8, 4) is 0 Å². The van der Waals surface area contributed by atoms with Gasteiger partial charge in [-0.2, -0.15) is 5.10 Å². The summed E-state index contributed by atoms with van der Waals surface area (Å²) in [5, 5.41) is 6.70. The third kappa shape index (κ3) is 8.44. The smallest absolute Gasteiger partial charge is 0.428 e. The fourth-order valence-electron chi connectivity index (χ4n) is 0.873. The average Bonchev–Trinajstić information content (AvgIpc) is 2.27. The molecule has 0 fully saturated rings. The highest BCUT2D eigenvalue weighted by Crippen LogP contribution is 2.06. The van der Waals surface area contributed by atoms with E-state index in [0.717, 1.165) is 0 Å². The van der Waals surface area contributed by atoms with E-state index in [2.05, 4.69) is 19.9 Å². The van der Waals surface area contributed by atoms with E-state index in [9.17, 15) is 9.59 Å². The maximum atomic E-state index is 11.4. The summed E-state index contributed by atoms with van der Waals surface area (Å²) >= 11 is 0. The highest BCUT2D eigenvalue weighted by atomic mass is 16.6. The predicted molar refractivity (Wildman–Crippen MR) is 67.5 cm³/mol. The Morgan fingerprint density at radius 1 is 1.37 bits per heavy atom. The monoisotopic (exact) mass is 271 g/mol. The zero-order valence-electron chi connectivity index (χ0n) is 11.3. The van der Waals surface area contributed by atoms with Gasteiger partial charge in [0.15, 0.2) is 5.71 Å². The van der Waals surface area contributed by atoms with Crippen LogP contribution in [0.1, 0.15) is 27.7 Å². The molecule has 0 aromatic heterocycles. The van der Waals surface area contributed by atoms with Crippen molar-refractivity contribution in [2.24, 2.45) is 10.2 Å². The number of rotatable bonds is 5. The molecule has 0 rings (SSSR count). The molecule has 0 aliphatic heterocycles. The highest BCUT2D eigenvalue weighted by Gasteiger charge is 2.17. The van der Waals surface area contributed by atoms with Gasteiger partial charge in [-0.15, -0.1) is 0 Å². The molecule has 0 radical (unpaired) electrons. The topological polar surface area (TPSA) is 126 Å². The van der Waals surface area contributed by atoms with E-state index in [-0.39, 0.29) is 18.9 Å². The van der Waals surface area contributed by atoms with Crippen LogP contribution in [0.15, 0.2) is 10.2 Å². The van der Waals surface area contributed by atoms with Crippen LogP contribution in [-0.4, -0.2) is 36.5 Å². The summed E-state index contributed by atoms with van der Waals surface area (Å²) in [7, 11) is 0. The van der Waals surface area contributed by atoms with Crippen LogP contribution in [0.4, 0.5) is 4.79 Å². The van der Waals surface area contributed by atoms with Crippen molar-refractivity contribution in [3.63, 3.8) is 0 Å². The minimum Gasteiger partial charge on any atom is -0.461 e. The lowest BCUT2D eigenvalue weighted by atomic mass is 10.2. The number of azide groups is 1. The zero-order chi connectivity index (χ0) is 14.9. The normalized spacial score (nSPS) is 11.3. The van der Waals surface area contributed by atoms with Crippen molar-refractivity contribution in [1.82, 2.24) is 5.43 Å². The summed E-state index contributed by atoms with van der Waals surface area (Å²) in [6, 6.07) is 0. The van der Waals surface area contributed by atoms with Crippen LogP contribution in [-0.2, 0) is 14.3 Å². The molecule has 9 heteroatoms. The maximum Gasteiger partial charge on any atom is 0.428 e. The quantitative estimate of drug-likeness (QED) is 0.204. The van der Waals surface area contributed by atoms with Gasteiger partial charge in [0.2, 0.25) is 0 Å². The predicted octanol–water partition coefficient (Wildman–Crippen LogP) is 1.74. The number of hydrazone groups is 1. The summed E-state index contributed by atoms with van der Waals surface area (Å²) in [6.07, 6.45) is -0.824. The van der Waals surface area contributed by atoms with E-state index >= 15 is 0 Å². The number of carbonyl (C=O) groups excluding carboxylic acids is 2. The third-order valence-electron chi connectivity index (χ3n) is 1.48. The van der Waals surface area contributed by atoms with E-state index in [1.165, 1.54) is 0 Å². The van der Waals surface area contributed by atoms with Gasteiger partial charge in [-0.1, -0.05) is 5.11 Å². The second-order valence-electron chi connectivity index (χ2n) is 4.28. The van der Waals surface area contributed by atoms with Gasteiger partial charge in [-0.05, 0) is 33.2 Å². The fraction of sp³-hybridized carbons (Fsp3) is 0.700. The molecule has 0 heterocycles. The van der Waals surface area contributed by atoms with Crippen LogP contribution < -0.4 is 5.43 Å². The number of esters is 1. The number of ether oxygens (including phenoxy) is 2. The van der Waals surface area contributed by atoms with Crippen molar-refractivity contribution >= 4 is 17.8 Å². The largest absolute Gasteiger partial charge is 0.461 e. The van der Waals surface area contributed by atoms with Gasteiger partial charge < -0.3 is 9.47 Å². The lowest BCUT2D eigenvalue weighted by molar-refractivity contribution is -0.135. The second kappa shape index (κ2) is 7.93. The lowest BCUT2D eigenvalue weighted by Gasteiger charge is -2.18. The third-order valence-corrected chi connectivity index (χ3v) is 1.48. The second-order valence-corrected chi connectivity index (χ2v) is 4.28. The van der Waals surface area contributed by atoms with E-state index in [1.807, 2.05) is 5.43 Å². The Kier molecular flexibility index (Phi) is 6.98. The molecule has 0 aromatic carbocycles. The minimum absolute atomic E-state index is 0.139. The first-order valence-electron chi connectivity index (χ1n) is 5.53. The van der Waals surface area contributed by atoms with Crippen LogP contribution in [0.25, 0.3) is 10.4 Å². The molecule has 1 amide bonds. The SMILES string of the molecule is CCOC(=O)C(CN=[N+]=[N-])=NNC(=O)OC(C)(C)C. The highest BCUT2D eigenvalue weighted by molar-refractivity contribution is 6.37. The first-order chi connectivity index (χ1) is 8.80. The average molecular weight is 271 g/mol. The van der Waals surface area contributed by atoms with Crippen molar-refractivity contribution in [2.45, 2.75) is 33.3 Å². The van der Waals surface area contributed by atoms with Crippen molar-refractivity contribution < 1.29 is 19.1 Å². The summed E-state index contributed by atoms with van der Waals surface area (Å²) in [4.78, 5) is 25.2. The van der Waals surface area contributed by atoms with Gasteiger partial charge in [0.1, 0.15) is 5.60 Å². The van der Waals surface area contributed by atoms with E-state index in [1.54, 1.807) is 27.7 Å². The molecule has 0 unspecified atom stereocenters. The van der Waals surface area contributed by atoms with Crippen LogP contribution in [0, 0.1) is 0 Å². The van der Waals surface area contributed by atoms with E-state index in [0.29, 0.717) is 0 Å². The standard InChI is InChI=1S/C10H17N5O4/c1-5-18-8(16)7(6-12-15-11)13-14-9(17)19-10(2,3)4/h5-6H2,1-4H3,(H,14,17). The van der Waals surface area contributed by atoms with Crippen LogP contribution in [0.2, 0.25) is 0 Å². The summed E-state index contributed by atoms with van der Waals surface area (Å²) in [5.74, 6) is -0.772. The molecule has 0 aromatic rings. The molecule has 1 N–H and O–H groups in total. The first kappa shape index (κ1) is 16.7. The molecule has 0 saturated heterocycles. The molecule has 0 aliphatic carbocycles. The summed E-state index contributed by atoms with van der Waals surface area (Å²) in [5.41, 5.74) is 9.32. The number of hydrogen-bond donors (Lipinski definition) is 1. The number of carbonyl (C=O) groups is 2. The van der Waals surface area contributed by atoms with Gasteiger partial charge in [0, 0.05) is 4.91 Å². The molecule has 19 heavy (non-hydrogen) atoms. The van der Waals surface area contributed by atoms with Crippen LogP contribution >= 0.6 is 0 Å². The van der Waals surface area contributed by atoms with Gasteiger partial charge in [-0.25, -0.2) is 15.0 Å². The number of nitrogens with zero attached hydrogens (tertiary/aromatic N) is 4. The summed E-state index contributed by atoms with van der Waals surface area (Å²) < 4.78 is 9.61. The Morgan fingerprint density at radius 2 is 2.00 bits per heavy atom. The van der Waals surface area contributed by atoms with Gasteiger partial charge >= 0.3 is 12.1 Å². The number of amides is 1. The molecule has 0 spiro atoms. The number of nitrogens with one attached hydrogen (secondary N) is 1. The molecule has 9 nitrogen and oxygen atoms in total. The van der Waals surface area contributed by atoms with E-state index in [4.69, 9.17) is 10.3 Å². The van der Waals surface area contributed by atoms with E-state index < -0.39 is 17.7 Å². The molecular formula is C10H17N5O4. The number of hydrogen-bond acceptors (Lipinski definition) is 6. The van der Waals surface area contributed by atoms with Gasteiger partial charge in [0.05, 0.1) is 13.2 Å². The summed E-state index contributed by atoms with van der Waals surface area (Å²) in [6.45, 7) is 6.48. The molecule has 0 atom stereocenters. The Bertz CT molecular complexity index is 407. The molecule has 0 bridgehead atoms. The Morgan fingerprint density at radius 3 is 2.47 bits per heavy atom. The van der Waals surface area contributed by atoms with Crippen molar-refractivity contribution in [2.75, 3.05) is 13.2 Å². The fourth-order valence-corrected chi connectivity index (χ4v) is 0.873.